The van der Waals surface area contributed by atoms with Crippen LogP contribution in [0.3, 0.4) is 0 Å². The lowest BCUT2D eigenvalue weighted by molar-refractivity contribution is 0.0450. The van der Waals surface area contributed by atoms with Crippen LogP contribution in [-0.4, -0.2) is 69.5 Å². The number of ether oxygens (including phenoxy) is 2. The maximum absolute atomic E-state index is 13.3. The Kier molecular flexibility index (Phi) is 7.91. The number of hydrogen-bond donors (Lipinski definition) is 2. The van der Waals surface area contributed by atoms with Gasteiger partial charge in [0, 0.05) is 30.1 Å². The molecule has 2 aromatic rings. The highest BCUT2D eigenvalue weighted by Crippen LogP contribution is 2.45. The second-order valence-corrected chi connectivity index (χ2v) is 14.2. The first kappa shape index (κ1) is 28.9. The van der Waals surface area contributed by atoms with Crippen LogP contribution in [0.15, 0.2) is 41.3 Å². The molecule has 1 saturated carbocycles. The summed E-state index contributed by atoms with van der Waals surface area (Å²) in [5.41, 5.74) is 2.92. The van der Waals surface area contributed by atoms with E-state index in [2.05, 4.69) is 11.0 Å². The Hall–Kier alpha value is -3.18. The summed E-state index contributed by atoms with van der Waals surface area (Å²) in [6.07, 6.45) is 4.45. The van der Waals surface area contributed by atoms with E-state index in [1.54, 1.807) is 12.1 Å². The summed E-state index contributed by atoms with van der Waals surface area (Å²) in [7, 11) is -4.27. The van der Waals surface area contributed by atoms with E-state index in [1.165, 1.54) is 23.6 Å². The molecule has 226 valence electrons. The second kappa shape index (κ2) is 11.5. The van der Waals surface area contributed by atoms with Crippen molar-refractivity contribution in [3.05, 3.63) is 52.5 Å². The largest absolute Gasteiger partial charge is 0.490 e. The lowest BCUT2D eigenvalue weighted by Crippen LogP contribution is -2.47. The quantitative estimate of drug-likeness (QED) is 0.471. The van der Waals surface area contributed by atoms with Crippen molar-refractivity contribution in [1.82, 2.24) is 9.62 Å². The Morgan fingerprint density at radius 3 is 2.71 bits per heavy atom. The number of anilines is 1. The van der Waals surface area contributed by atoms with E-state index in [4.69, 9.17) is 21.1 Å². The fourth-order valence-corrected chi connectivity index (χ4v) is 7.89. The topological polar surface area (TPSA) is 125 Å². The molecule has 6 rings (SSSR count). The van der Waals surface area contributed by atoms with Crippen LogP contribution in [0.2, 0.25) is 5.02 Å². The number of hydrogen-bond acceptors (Lipinski definition) is 7. The molecule has 2 aliphatic heterocycles. The van der Waals surface area contributed by atoms with Gasteiger partial charge in [-0.25, -0.2) is 22.7 Å². The molecule has 1 unspecified atom stereocenters. The van der Waals surface area contributed by atoms with E-state index in [0.29, 0.717) is 49.9 Å². The molecule has 10 nitrogen and oxygen atoms in total. The van der Waals surface area contributed by atoms with Gasteiger partial charge in [0.2, 0.25) is 0 Å². The summed E-state index contributed by atoms with van der Waals surface area (Å²) in [6.45, 7) is 2.31. The van der Waals surface area contributed by atoms with Gasteiger partial charge in [0.05, 0.1) is 23.7 Å². The lowest BCUT2D eigenvalue weighted by atomic mass is 9.70. The van der Waals surface area contributed by atoms with Crippen LogP contribution in [0.25, 0.3) is 0 Å². The highest BCUT2D eigenvalue weighted by atomic mass is 35.5. The Morgan fingerprint density at radius 2 is 1.95 bits per heavy atom. The maximum Gasteiger partial charge on any atom is 0.421 e. The molecule has 12 heteroatoms. The molecule has 2 aromatic carbocycles. The van der Waals surface area contributed by atoms with Gasteiger partial charge in [-0.3, -0.25) is 0 Å². The van der Waals surface area contributed by atoms with E-state index in [1.807, 2.05) is 16.9 Å². The van der Waals surface area contributed by atoms with Gasteiger partial charge >= 0.3 is 12.2 Å². The van der Waals surface area contributed by atoms with Crippen molar-refractivity contribution >= 4 is 39.5 Å². The first-order chi connectivity index (χ1) is 20.1. The number of nitrogens with zero attached hydrogens (tertiary/aromatic N) is 2. The van der Waals surface area contributed by atoms with E-state index in [0.717, 1.165) is 48.6 Å². The molecular formula is C30H36ClN3O7S. The van der Waals surface area contributed by atoms with Crippen molar-refractivity contribution in [2.75, 3.05) is 37.7 Å². The van der Waals surface area contributed by atoms with Crippen molar-refractivity contribution in [1.29, 1.82) is 0 Å². The highest BCUT2D eigenvalue weighted by molar-refractivity contribution is 7.90. The van der Waals surface area contributed by atoms with E-state index in [-0.39, 0.29) is 16.9 Å². The van der Waals surface area contributed by atoms with Crippen molar-refractivity contribution in [3.63, 3.8) is 0 Å². The number of carbonyl (C=O) groups is 2. The average Bonchev–Trinajstić information content (AvgIpc) is 3.07. The highest BCUT2D eigenvalue weighted by Gasteiger charge is 2.42. The number of likely N-dealkylation sites (tertiary alicyclic amines) is 1. The third-order valence-electron chi connectivity index (χ3n) is 9.16. The number of sulfonamides is 1. The fraction of sp³-hybridized carbons (Fsp3) is 0.533. The molecule has 42 heavy (non-hydrogen) atoms. The van der Waals surface area contributed by atoms with Gasteiger partial charge in [0.15, 0.2) is 0 Å². The molecule has 4 aliphatic rings. The number of carbonyl (C=O) groups excluding carboxylic acids is 1. The Morgan fingerprint density at radius 1 is 1.12 bits per heavy atom. The van der Waals surface area contributed by atoms with Crippen LogP contribution in [0.5, 0.6) is 5.75 Å². The molecular weight excluding hydrogens is 582 g/mol. The van der Waals surface area contributed by atoms with Gasteiger partial charge in [-0.2, -0.15) is 0 Å². The van der Waals surface area contributed by atoms with Crippen molar-refractivity contribution in [2.45, 2.75) is 67.8 Å². The Balaban J connectivity index is 1.25. The molecule has 2 amide bonds. The van der Waals surface area contributed by atoms with E-state index >= 15 is 0 Å². The van der Waals surface area contributed by atoms with Crippen LogP contribution in [0, 0.1) is 5.92 Å². The molecule has 2 aliphatic carbocycles. The summed E-state index contributed by atoms with van der Waals surface area (Å²) in [5, 5.41) is 9.95. The SMILES string of the molecule is O=C(NS(=O)(=O)c1ccc2c(c1)N(CC1CCC1)CC1(CCCc3cc(Cl)ccc31)CO2)O[C@H]1CCCN(C(=O)O)C1. The van der Waals surface area contributed by atoms with Gasteiger partial charge < -0.3 is 24.4 Å². The summed E-state index contributed by atoms with van der Waals surface area (Å²) in [4.78, 5) is 27.2. The van der Waals surface area contributed by atoms with Crippen LogP contribution in [0.4, 0.5) is 15.3 Å². The van der Waals surface area contributed by atoms with Gasteiger partial charge in [0.1, 0.15) is 11.9 Å². The molecule has 0 radical (unpaired) electrons. The molecule has 0 bridgehead atoms. The minimum Gasteiger partial charge on any atom is -0.490 e. The second-order valence-electron chi connectivity index (χ2n) is 12.0. The van der Waals surface area contributed by atoms with Crippen molar-refractivity contribution < 1.29 is 32.6 Å². The third-order valence-corrected chi connectivity index (χ3v) is 10.7. The first-order valence-corrected chi connectivity index (χ1v) is 16.5. The predicted molar refractivity (Wildman–Crippen MR) is 157 cm³/mol. The average molecular weight is 618 g/mol. The molecule has 2 fully saturated rings. The Labute approximate surface area is 251 Å². The molecule has 0 aromatic heterocycles. The van der Waals surface area contributed by atoms with Crippen molar-refractivity contribution in [2.24, 2.45) is 5.92 Å². The Bertz CT molecular complexity index is 1480. The maximum atomic E-state index is 13.3. The van der Waals surface area contributed by atoms with Crippen LogP contribution >= 0.6 is 11.6 Å². The van der Waals surface area contributed by atoms with Crippen LogP contribution in [-0.2, 0) is 26.6 Å². The number of halogens is 1. The number of nitrogens with one attached hydrogen (secondary N) is 1. The first-order valence-electron chi connectivity index (χ1n) is 14.6. The van der Waals surface area contributed by atoms with Gasteiger partial charge in [0.25, 0.3) is 10.0 Å². The zero-order chi connectivity index (χ0) is 29.5. The molecule has 2 N–H and O–H groups in total. The molecule has 2 atom stereocenters. The number of piperidine rings is 1. The minimum atomic E-state index is -4.27. The lowest BCUT2D eigenvalue weighted by Gasteiger charge is -2.42. The van der Waals surface area contributed by atoms with Crippen LogP contribution in [0.1, 0.15) is 56.1 Å². The minimum absolute atomic E-state index is 0.00615. The summed E-state index contributed by atoms with van der Waals surface area (Å²) < 4.78 is 40.4. The van der Waals surface area contributed by atoms with Crippen LogP contribution < -0.4 is 14.4 Å². The zero-order valence-corrected chi connectivity index (χ0v) is 25.0. The van der Waals surface area contributed by atoms with E-state index in [9.17, 15) is 23.1 Å². The number of carboxylic acid groups (broad SMARTS) is 1. The van der Waals surface area contributed by atoms with Gasteiger partial charge in [-0.15, -0.1) is 0 Å². The van der Waals surface area contributed by atoms with Gasteiger partial charge in [-0.1, -0.05) is 24.1 Å². The summed E-state index contributed by atoms with van der Waals surface area (Å²) in [6, 6.07) is 10.8. The number of amides is 2. The fourth-order valence-electron chi connectivity index (χ4n) is 6.80. The predicted octanol–water partition coefficient (Wildman–Crippen LogP) is 5.17. The number of rotatable bonds is 5. The number of fused-ring (bicyclic) bond motifs is 3. The number of benzene rings is 2. The zero-order valence-electron chi connectivity index (χ0n) is 23.4. The van der Waals surface area contributed by atoms with Gasteiger partial charge in [-0.05, 0) is 92.3 Å². The monoisotopic (exact) mass is 617 g/mol. The third kappa shape index (κ3) is 5.86. The molecule has 1 spiro atoms. The van der Waals surface area contributed by atoms with Crippen molar-refractivity contribution in [3.8, 4) is 5.75 Å². The smallest absolute Gasteiger partial charge is 0.421 e. The standard InChI is InChI=1S/C30H36ClN3O7S/c31-22-8-10-25-21(14-22)6-2-12-30(25)18-34(16-20-4-1-5-20)26-15-24(9-11-27(26)40-19-30)42(38,39)32-28(35)41-23-7-3-13-33(17-23)29(36)37/h8-11,14-15,20,23H,1-7,12-13,16-19H2,(H,32,35)(H,36,37)/t23-,30?/m0/s1. The molecule has 2 heterocycles. The number of aryl methyl sites for hydroxylation is 1. The normalized spacial score (nSPS) is 24.1. The summed E-state index contributed by atoms with van der Waals surface area (Å²) in [5.74, 6) is 1.14. The molecule has 1 saturated heterocycles. The summed E-state index contributed by atoms with van der Waals surface area (Å²) >= 11 is 6.34. The van der Waals surface area contributed by atoms with E-state index < -0.39 is 28.3 Å².